The third-order valence-electron chi connectivity index (χ3n) is 3.51. The van der Waals surface area contributed by atoms with Gasteiger partial charge < -0.3 is 29.2 Å². The van der Waals surface area contributed by atoms with Crippen LogP contribution < -0.4 is 18.9 Å². The van der Waals surface area contributed by atoms with Crippen LogP contribution in [0.2, 0.25) is 0 Å². The summed E-state index contributed by atoms with van der Waals surface area (Å²) < 4.78 is 20.0. The molecule has 8 nitrogen and oxygen atoms in total. The van der Waals surface area contributed by atoms with Gasteiger partial charge in [0.05, 0.1) is 21.3 Å². The first-order chi connectivity index (χ1) is 13.3. The monoisotopic (exact) mass is 392 g/mol. The van der Waals surface area contributed by atoms with Crippen LogP contribution in [0.4, 0.5) is 0 Å². The number of esters is 1. The van der Waals surface area contributed by atoms with Crippen molar-refractivity contribution >= 4 is 11.9 Å². The summed E-state index contributed by atoms with van der Waals surface area (Å²) in [7, 11) is 4.60. The molecule has 28 heavy (non-hydrogen) atoms. The van der Waals surface area contributed by atoms with Crippen LogP contribution in [0.1, 0.15) is 25.0 Å². The van der Waals surface area contributed by atoms with E-state index in [1.54, 1.807) is 51.5 Å². The average Bonchev–Trinajstić information content (AvgIpc) is 2.73. The van der Waals surface area contributed by atoms with Crippen molar-refractivity contribution in [2.45, 2.75) is 19.4 Å². The van der Waals surface area contributed by atoms with Crippen LogP contribution in [0.3, 0.4) is 0 Å². The molecule has 0 fully saturated rings. The predicted molar refractivity (Wildman–Crippen MR) is 101 cm³/mol. The molecule has 2 aromatic rings. The number of rotatable bonds is 7. The Morgan fingerprint density at radius 2 is 1.32 bits per heavy atom. The molecule has 2 N–H and O–H groups in total. The molecule has 2 aromatic carbocycles. The van der Waals surface area contributed by atoms with Gasteiger partial charge in [0.15, 0.2) is 6.10 Å². The average molecular weight is 392 g/mol. The number of hydrogen-bond acceptors (Lipinski definition) is 7. The van der Waals surface area contributed by atoms with Gasteiger partial charge in [-0.2, -0.15) is 0 Å². The number of carbonyl (C=O) groups is 2. The van der Waals surface area contributed by atoms with Crippen molar-refractivity contribution in [1.82, 2.24) is 0 Å². The minimum Gasteiger partial charge on any atom is -0.497 e. The molecule has 8 heteroatoms. The Morgan fingerprint density at radius 3 is 1.71 bits per heavy atom. The summed E-state index contributed by atoms with van der Waals surface area (Å²) >= 11 is 0. The van der Waals surface area contributed by atoms with Gasteiger partial charge >= 0.3 is 11.9 Å². The first-order valence-corrected chi connectivity index (χ1v) is 8.33. The molecule has 2 rings (SSSR count). The zero-order chi connectivity index (χ0) is 21.1. The SMILES string of the molecule is CCC(=O)Oc1cc(OC)cc(OC)c1.COc1ccc(C(O)C(=O)O)cc1. The molecule has 1 atom stereocenters. The van der Waals surface area contributed by atoms with Crippen LogP contribution in [0.15, 0.2) is 42.5 Å². The second kappa shape index (κ2) is 11.5. The lowest BCUT2D eigenvalue weighted by Crippen LogP contribution is -2.09. The number of carboxylic acid groups (broad SMARTS) is 1. The standard InChI is InChI=1S/C11H14O4.C9H10O4/c1-4-11(12)15-10-6-8(13-2)5-9(7-10)14-3;1-13-7-4-2-6(3-5-7)8(10)9(11)12/h5-7H,4H2,1-3H3;2-5,8,10H,1H3,(H,11,12). The fourth-order valence-electron chi connectivity index (χ4n) is 1.97. The van der Waals surface area contributed by atoms with Crippen molar-refractivity contribution in [2.75, 3.05) is 21.3 Å². The van der Waals surface area contributed by atoms with Crippen LogP contribution in [0.25, 0.3) is 0 Å². The highest BCUT2D eigenvalue weighted by Gasteiger charge is 2.15. The lowest BCUT2D eigenvalue weighted by molar-refractivity contribution is -0.147. The summed E-state index contributed by atoms with van der Waals surface area (Å²) in [6.45, 7) is 1.74. The third kappa shape index (κ3) is 7.16. The zero-order valence-electron chi connectivity index (χ0n) is 16.2. The van der Waals surface area contributed by atoms with Crippen molar-refractivity contribution in [2.24, 2.45) is 0 Å². The third-order valence-corrected chi connectivity index (χ3v) is 3.51. The maximum atomic E-state index is 11.1. The maximum Gasteiger partial charge on any atom is 0.337 e. The molecule has 0 amide bonds. The van der Waals surface area contributed by atoms with E-state index in [1.165, 1.54) is 19.2 Å². The van der Waals surface area contributed by atoms with Gasteiger partial charge in [0.25, 0.3) is 0 Å². The van der Waals surface area contributed by atoms with Gasteiger partial charge in [0, 0.05) is 24.6 Å². The summed E-state index contributed by atoms with van der Waals surface area (Å²) in [6.07, 6.45) is -1.13. The van der Waals surface area contributed by atoms with Crippen molar-refractivity contribution in [3.05, 3.63) is 48.0 Å². The Hall–Kier alpha value is -3.26. The fourth-order valence-corrected chi connectivity index (χ4v) is 1.97. The molecule has 0 radical (unpaired) electrons. The van der Waals surface area contributed by atoms with E-state index in [4.69, 9.17) is 29.2 Å². The molecule has 0 aromatic heterocycles. The first-order valence-electron chi connectivity index (χ1n) is 8.33. The molecule has 0 spiro atoms. The largest absolute Gasteiger partial charge is 0.497 e. The minimum atomic E-state index is -1.47. The molecular weight excluding hydrogens is 368 g/mol. The number of benzene rings is 2. The Labute approximate surface area is 163 Å². The fraction of sp³-hybridized carbons (Fsp3) is 0.300. The minimum absolute atomic E-state index is 0.287. The lowest BCUT2D eigenvalue weighted by Gasteiger charge is -2.08. The second-order valence-electron chi connectivity index (χ2n) is 5.39. The number of aliphatic hydroxyl groups is 1. The molecule has 152 valence electrons. The number of methoxy groups -OCH3 is 3. The van der Waals surface area contributed by atoms with Gasteiger partial charge in [-0.25, -0.2) is 4.79 Å². The topological polar surface area (TPSA) is 112 Å². The van der Waals surface area contributed by atoms with Gasteiger partial charge in [0.2, 0.25) is 0 Å². The predicted octanol–water partition coefficient (Wildman–Crippen LogP) is 2.83. The number of aliphatic carboxylic acids is 1. The number of carboxylic acids is 1. The second-order valence-corrected chi connectivity index (χ2v) is 5.39. The summed E-state index contributed by atoms with van der Waals surface area (Å²) in [4.78, 5) is 21.4. The molecule has 1 unspecified atom stereocenters. The van der Waals surface area contributed by atoms with Gasteiger partial charge in [0.1, 0.15) is 23.0 Å². The van der Waals surface area contributed by atoms with Crippen LogP contribution in [-0.4, -0.2) is 43.5 Å². The Kier molecular flexibility index (Phi) is 9.32. The van der Waals surface area contributed by atoms with Crippen molar-refractivity contribution in [1.29, 1.82) is 0 Å². The van der Waals surface area contributed by atoms with Gasteiger partial charge in [-0.05, 0) is 17.7 Å². The number of hydrogen-bond donors (Lipinski definition) is 2. The Bertz CT molecular complexity index is 748. The van der Waals surface area contributed by atoms with E-state index >= 15 is 0 Å². The quantitative estimate of drug-likeness (QED) is 0.547. The first kappa shape index (κ1) is 22.8. The summed E-state index contributed by atoms with van der Waals surface area (Å²) in [5.41, 5.74) is 0.341. The molecular formula is C20H24O8. The molecule has 0 saturated carbocycles. The highest BCUT2D eigenvalue weighted by molar-refractivity contribution is 5.74. The van der Waals surface area contributed by atoms with Crippen molar-refractivity contribution in [3.63, 3.8) is 0 Å². The molecule has 0 heterocycles. The van der Waals surface area contributed by atoms with Crippen LogP contribution in [-0.2, 0) is 9.59 Å². The van der Waals surface area contributed by atoms with Crippen molar-refractivity contribution in [3.8, 4) is 23.0 Å². The number of aliphatic hydroxyl groups excluding tert-OH is 1. The highest BCUT2D eigenvalue weighted by atomic mass is 16.5. The summed E-state index contributed by atoms with van der Waals surface area (Å²) in [6, 6.07) is 11.2. The van der Waals surface area contributed by atoms with E-state index in [0.29, 0.717) is 35.0 Å². The van der Waals surface area contributed by atoms with Crippen LogP contribution >= 0.6 is 0 Å². The van der Waals surface area contributed by atoms with Gasteiger partial charge in [-0.15, -0.1) is 0 Å². The maximum absolute atomic E-state index is 11.1. The van der Waals surface area contributed by atoms with Crippen LogP contribution in [0.5, 0.6) is 23.0 Å². The normalized spacial score (nSPS) is 10.8. The smallest absolute Gasteiger partial charge is 0.337 e. The van der Waals surface area contributed by atoms with E-state index in [1.807, 2.05) is 0 Å². The molecule has 0 aliphatic carbocycles. The van der Waals surface area contributed by atoms with E-state index in [-0.39, 0.29) is 5.97 Å². The van der Waals surface area contributed by atoms with E-state index in [9.17, 15) is 9.59 Å². The Balaban J connectivity index is 0.000000283. The van der Waals surface area contributed by atoms with E-state index < -0.39 is 12.1 Å². The zero-order valence-corrected chi connectivity index (χ0v) is 16.2. The van der Waals surface area contributed by atoms with E-state index in [0.717, 1.165) is 0 Å². The van der Waals surface area contributed by atoms with E-state index in [2.05, 4.69) is 0 Å². The molecule has 0 bridgehead atoms. The number of carbonyl (C=O) groups excluding carboxylic acids is 1. The Morgan fingerprint density at radius 1 is 0.857 bits per heavy atom. The van der Waals surface area contributed by atoms with Gasteiger partial charge in [-0.3, -0.25) is 4.79 Å². The molecule has 0 aliphatic rings. The van der Waals surface area contributed by atoms with Crippen molar-refractivity contribution < 1.29 is 38.7 Å². The molecule has 0 aliphatic heterocycles. The summed E-state index contributed by atoms with van der Waals surface area (Å²) in [5.74, 6) is 0.691. The van der Waals surface area contributed by atoms with Gasteiger partial charge in [-0.1, -0.05) is 19.1 Å². The highest BCUT2D eigenvalue weighted by Crippen LogP contribution is 2.27. The lowest BCUT2D eigenvalue weighted by atomic mass is 10.1. The molecule has 0 saturated heterocycles. The summed E-state index contributed by atoms with van der Waals surface area (Å²) in [5, 5.41) is 17.6. The number of ether oxygens (including phenoxy) is 4. The van der Waals surface area contributed by atoms with Crippen LogP contribution in [0, 0.1) is 0 Å².